The van der Waals surface area contributed by atoms with E-state index < -0.39 is 11.9 Å². The number of carboxylic acids is 1. The molecule has 100 valence electrons. The zero-order valence-electron chi connectivity index (χ0n) is 10.7. The number of aromatic nitrogens is 4. The van der Waals surface area contributed by atoms with Gasteiger partial charge in [-0.25, -0.2) is 9.78 Å². The molecule has 3 N–H and O–H groups in total. The molecule has 0 aliphatic heterocycles. The quantitative estimate of drug-likeness (QED) is 0.754. The maximum atomic E-state index is 12.0. The Morgan fingerprint density at radius 3 is 2.63 bits per heavy atom. The number of rotatable bonds is 3. The highest BCUT2D eigenvalue weighted by Gasteiger charge is 2.21. The molecule has 0 saturated heterocycles. The van der Waals surface area contributed by atoms with Gasteiger partial charge in [0.05, 0.1) is 23.4 Å². The van der Waals surface area contributed by atoms with E-state index in [0.717, 1.165) is 5.69 Å². The molecule has 0 unspecified atom stereocenters. The molecule has 0 radical (unpaired) electrons. The summed E-state index contributed by atoms with van der Waals surface area (Å²) < 4.78 is 1.63. The number of hydrogen-bond donors (Lipinski definition) is 3. The number of amides is 1. The lowest BCUT2D eigenvalue weighted by atomic mass is 10.2. The van der Waals surface area contributed by atoms with Crippen molar-refractivity contribution in [2.75, 3.05) is 5.32 Å². The summed E-state index contributed by atoms with van der Waals surface area (Å²) in [6.45, 7) is 3.56. The summed E-state index contributed by atoms with van der Waals surface area (Å²) in [5.41, 5.74) is 1.60. The first-order chi connectivity index (χ1) is 8.91. The minimum absolute atomic E-state index is 0.157. The van der Waals surface area contributed by atoms with Crippen LogP contribution in [0.1, 0.15) is 32.4 Å². The molecule has 2 aromatic heterocycles. The second-order valence-electron chi connectivity index (χ2n) is 4.05. The zero-order valence-corrected chi connectivity index (χ0v) is 10.7. The van der Waals surface area contributed by atoms with Crippen LogP contribution in [0.5, 0.6) is 0 Å². The highest BCUT2D eigenvalue weighted by Crippen LogP contribution is 2.19. The average molecular weight is 263 g/mol. The van der Waals surface area contributed by atoms with Gasteiger partial charge in [-0.05, 0) is 13.8 Å². The van der Waals surface area contributed by atoms with E-state index in [1.54, 1.807) is 25.6 Å². The number of anilines is 1. The van der Waals surface area contributed by atoms with Crippen molar-refractivity contribution in [3.8, 4) is 0 Å². The van der Waals surface area contributed by atoms with Crippen molar-refractivity contribution in [3.63, 3.8) is 0 Å². The number of nitrogens with zero attached hydrogens (tertiary/aromatic N) is 3. The van der Waals surface area contributed by atoms with Crippen molar-refractivity contribution in [3.05, 3.63) is 29.1 Å². The summed E-state index contributed by atoms with van der Waals surface area (Å²) in [5, 5.41) is 15.7. The minimum atomic E-state index is -1.23. The maximum absolute atomic E-state index is 12.0. The fourth-order valence-electron chi connectivity index (χ4n) is 1.76. The Hall–Kier alpha value is -2.64. The fraction of sp³-hybridized carbons (Fsp3) is 0.273. The van der Waals surface area contributed by atoms with E-state index in [4.69, 9.17) is 5.11 Å². The highest BCUT2D eigenvalue weighted by molar-refractivity contribution is 6.09. The van der Waals surface area contributed by atoms with Crippen LogP contribution in [-0.2, 0) is 7.05 Å². The number of carbonyl (C=O) groups excluding carboxylic acids is 1. The third-order valence-electron chi connectivity index (χ3n) is 2.82. The third kappa shape index (κ3) is 2.19. The number of aryl methyl sites for hydroxylation is 2. The van der Waals surface area contributed by atoms with E-state index in [1.807, 2.05) is 0 Å². The molecule has 0 aromatic carbocycles. The normalized spacial score (nSPS) is 10.5. The molecule has 8 heteroatoms. The molecule has 0 aliphatic carbocycles. The number of aromatic amines is 1. The Kier molecular flexibility index (Phi) is 3.07. The fourth-order valence-corrected chi connectivity index (χ4v) is 1.76. The summed E-state index contributed by atoms with van der Waals surface area (Å²) >= 11 is 0. The van der Waals surface area contributed by atoms with E-state index in [-0.39, 0.29) is 11.4 Å². The van der Waals surface area contributed by atoms with Crippen LogP contribution in [0.25, 0.3) is 0 Å². The second-order valence-corrected chi connectivity index (χ2v) is 4.05. The zero-order chi connectivity index (χ0) is 14.2. The van der Waals surface area contributed by atoms with Crippen molar-refractivity contribution in [1.82, 2.24) is 19.7 Å². The van der Waals surface area contributed by atoms with Crippen LogP contribution >= 0.6 is 0 Å². The van der Waals surface area contributed by atoms with Crippen LogP contribution in [0.15, 0.2) is 6.33 Å². The van der Waals surface area contributed by atoms with Crippen molar-refractivity contribution >= 4 is 17.6 Å². The number of aromatic carboxylic acids is 1. The van der Waals surface area contributed by atoms with Crippen molar-refractivity contribution in [2.45, 2.75) is 13.8 Å². The number of hydrogen-bond acceptors (Lipinski definition) is 4. The lowest BCUT2D eigenvalue weighted by Crippen LogP contribution is -2.17. The van der Waals surface area contributed by atoms with Gasteiger partial charge in [0, 0.05) is 7.05 Å². The molecule has 2 heterocycles. The SMILES string of the molecule is Cc1nn(C)c(C)c1NC(=O)c1nc[nH]c1C(=O)O. The molecule has 0 aliphatic rings. The highest BCUT2D eigenvalue weighted by atomic mass is 16.4. The van der Waals surface area contributed by atoms with Gasteiger partial charge < -0.3 is 15.4 Å². The topological polar surface area (TPSA) is 113 Å². The summed E-state index contributed by atoms with van der Waals surface area (Å²) in [4.78, 5) is 29.1. The van der Waals surface area contributed by atoms with E-state index in [1.165, 1.54) is 6.33 Å². The molecule has 19 heavy (non-hydrogen) atoms. The Morgan fingerprint density at radius 1 is 1.42 bits per heavy atom. The van der Waals surface area contributed by atoms with Gasteiger partial charge in [0.25, 0.3) is 5.91 Å². The van der Waals surface area contributed by atoms with Crippen molar-refractivity contribution in [2.24, 2.45) is 7.05 Å². The number of imidazole rings is 1. The maximum Gasteiger partial charge on any atom is 0.354 e. The molecule has 1 amide bonds. The smallest absolute Gasteiger partial charge is 0.354 e. The predicted molar refractivity (Wildman–Crippen MR) is 66.2 cm³/mol. The second kappa shape index (κ2) is 4.56. The van der Waals surface area contributed by atoms with Gasteiger partial charge in [0.1, 0.15) is 0 Å². The van der Waals surface area contributed by atoms with Crippen molar-refractivity contribution in [1.29, 1.82) is 0 Å². The van der Waals surface area contributed by atoms with Crippen LogP contribution in [0.4, 0.5) is 5.69 Å². The van der Waals surface area contributed by atoms with Gasteiger partial charge in [-0.3, -0.25) is 9.48 Å². The van der Waals surface area contributed by atoms with Gasteiger partial charge in [-0.2, -0.15) is 5.10 Å². The standard InChI is InChI=1S/C11H13N5O3/c1-5-7(6(2)16(3)15-5)14-10(17)8-9(11(18)19)13-4-12-8/h4H,1-3H3,(H,12,13)(H,14,17)(H,18,19). The minimum Gasteiger partial charge on any atom is -0.477 e. The summed E-state index contributed by atoms with van der Waals surface area (Å²) in [5.74, 6) is -1.82. The molecule has 0 fully saturated rings. The molecule has 0 atom stereocenters. The third-order valence-corrected chi connectivity index (χ3v) is 2.82. The first kappa shape index (κ1) is 12.8. The van der Waals surface area contributed by atoms with Crippen LogP contribution in [-0.4, -0.2) is 36.7 Å². The lowest BCUT2D eigenvalue weighted by Gasteiger charge is -2.04. The number of H-pyrrole nitrogens is 1. The number of carboxylic acid groups (broad SMARTS) is 1. The van der Waals surface area contributed by atoms with Crippen LogP contribution in [0.3, 0.4) is 0 Å². The van der Waals surface area contributed by atoms with E-state index in [0.29, 0.717) is 11.4 Å². The molecule has 0 bridgehead atoms. The Labute approximate surface area is 108 Å². The van der Waals surface area contributed by atoms with Gasteiger partial charge in [-0.1, -0.05) is 0 Å². The van der Waals surface area contributed by atoms with E-state index in [2.05, 4.69) is 20.4 Å². The van der Waals surface area contributed by atoms with Gasteiger partial charge in [0.15, 0.2) is 11.4 Å². The molecule has 2 rings (SSSR count). The van der Waals surface area contributed by atoms with Gasteiger partial charge >= 0.3 is 5.97 Å². The number of nitrogens with one attached hydrogen (secondary N) is 2. The average Bonchev–Trinajstić information content (AvgIpc) is 2.90. The van der Waals surface area contributed by atoms with Gasteiger partial charge in [0.2, 0.25) is 0 Å². The largest absolute Gasteiger partial charge is 0.477 e. The molecule has 2 aromatic rings. The molecule has 8 nitrogen and oxygen atoms in total. The number of carbonyl (C=O) groups is 2. The van der Waals surface area contributed by atoms with E-state index >= 15 is 0 Å². The molecule has 0 spiro atoms. The molecular formula is C11H13N5O3. The predicted octanol–water partition coefficient (Wildman–Crippen LogP) is 0.711. The van der Waals surface area contributed by atoms with Crippen LogP contribution < -0.4 is 5.32 Å². The Balaban J connectivity index is 2.31. The van der Waals surface area contributed by atoms with Gasteiger partial charge in [-0.15, -0.1) is 0 Å². The first-order valence-electron chi connectivity index (χ1n) is 5.50. The first-order valence-corrected chi connectivity index (χ1v) is 5.50. The summed E-state index contributed by atoms with van der Waals surface area (Å²) in [7, 11) is 1.76. The van der Waals surface area contributed by atoms with Crippen LogP contribution in [0, 0.1) is 13.8 Å². The van der Waals surface area contributed by atoms with E-state index in [9.17, 15) is 9.59 Å². The summed E-state index contributed by atoms with van der Waals surface area (Å²) in [6, 6.07) is 0. The monoisotopic (exact) mass is 263 g/mol. The van der Waals surface area contributed by atoms with Crippen LogP contribution in [0.2, 0.25) is 0 Å². The van der Waals surface area contributed by atoms with Crippen molar-refractivity contribution < 1.29 is 14.7 Å². The molecule has 0 saturated carbocycles. The Bertz CT molecular complexity index is 655. The Morgan fingerprint density at radius 2 is 2.11 bits per heavy atom. The lowest BCUT2D eigenvalue weighted by molar-refractivity contribution is 0.0686. The summed E-state index contributed by atoms with van der Waals surface area (Å²) in [6.07, 6.45) is 1.17. The molecular weight excluding hydrogens is 250 g/mol.